The Morgan fingerprint density at radius 1 is 1.27 bits per heavy atom. The van der Waals surface area contributed by atoms with E-state index in [9.17, 15) is 27.2 Å². The van der Waals surface area contributed by atoms with E-state index < -0.39 is 23.6 Å². The van der Waals surface area contributed by atoms with Gasteiger partial charge in [0.15, 0.2) is 0 Å². The maximum atomic E-state index is 13.5. The highest BCUT2D eigenvalue weighted by Gasteiger charge is 2.36. The van der Waals surface area contributed by atoms with Gasteiger partial charge in [-0.15, -0.1) is 0 Å². The lowest BCUT2D eigenvalue weighted by molar-refractivity contribution is -0.139. The lowest BCUT2D eigenvalue weighted by atomic mass is 10.0. The van der Waals surface area contributed by atoms with Crippen LogP contribution in [0.2, 0.25) is 0 Å². The minimum Gasteiger partial charge on any atom is -0.340 e. The summed E-state index contributed by atoms with van der Waals surface area (Å²) in [7, 11) is 1.75. The predicted molar refractivity (Wildman–Crippen MR) is 112 cm³/mol. The van der Waals surface area contributed by atoms with Gasteiger partial charge in [-0.3, -0.25) is 9.48 Å². The Hall–Kier alpha value is -3.11. The summed E-state index contributed by atoms with van der Waals surface area (Å²) >= 11 is 0. The van der Waals surface area contributed by atoms with Crippen LogP contribution in [0.3, 0.4) is 0 Å². The molecule has 7 nitrogen and oxygen atoms in total. The first-order valence-electron chi connectivity index (χ1n) is 10.8. The van der Waals surface area contributed by atoms with Crippen molar-refractivity contribution < 1.29 is 27.2 Å². The van der Waals surface area contributed by atoms with Crippen molar-refractivity contribution in [3.8, 4) is 0 Å². The van der Waals surface area contributed by atoms with Crippen molar-refractivity contribution >= 4 is 17.6 Å². The molecule has 11 heteroatoms. The van der Waals surface area contributed by atoms with Crippen molar-refractivity contribution in [3.63, 3.8) is 0 Å². The Morgan fingerprint density at radius 3 is 2.73 bits per heavy atom. The van der Waals surface area contributed by atoms with Crippen molar-refractivity contribution in [2.75, 3.05) is 25.5 Å². The van der Waals surface area contributed by atoms with Gasteiger partial charge in [0.05, 0.1) is 17.8 Å². The minimum absolute atomic E-state index is 0.113. The normalized spacial score (nSPS) is 18.6. The Bertz CT molecular complexity index is 1080. The lowest BCUT2D eigenvalue weighted by Crippen LogP contribution is -2.39. The second kappa shape index (κ2) is 8.68. The number of alkyl halides is 3. The van der Waals surface area contributed by atoms with E-state index in [2.05, 4.69) is 17.3 Å². The summed E-state index contributed by atoms with van der Waals surface area (Å²) in [6.45, 7) is 3.75. The summed E-state index contributed by atoms with van der Waals surface area (Å²) in [5, 5.41) is 7.05. The number of urea groups is 1. The van der Waals surface area contributed by atoms with Crippen LogP contribution in [-0.4, -0.2) is 51.7 Å². The number of hydrogen-bond donors (Lipinski definition) is 1. The number of amides is 3. The zero-order valence-electron chi connectivity index (χ0n) is 18.4. The van der Waals surface area contributed by atoms with Crippen molar-refractivity contribution in [2.45, 2.75) is 45.5 Å². The number of rotatable bonds is 3. The number of anilines is 1. The van der Waals surface area contributed by atoms with Crippen LogP contribution in [0.25, 0.3) is 0 Å². The Kier molecular flexibility index (Phi) is 6.06. The summed E-state index contributed by atoms with van der Waals surface area (Å²) in [6, 6.07) is 1.70. The number of carbonyl (C=O) groups is 2. The smallest absolute Gasteiger partial charge is 0.340 e. The van der Waals surface area contributed by atoms with Gasteiger partial charge in [-0.2, -0.15) is 18.3 Å². The fourth-order valence-electron chi connectivity index (χ4n) is 4.54. The molecule has 4 rings (SSSR count). The first-order chi connectivity index (χ1) is 15.6. The Labute approximate surface area is 188 Å². The van der Waals surface area contributed by atoms with E-state index in [4.69, 9.17) is 0 Å². The molecule has 1 N–H and O–H groups in total. The van der Waals surface area contributed by atoms with Crippen LogP contribution < -0.4 is 5.32 Å². The molecule has 0 radical (unpaired) electrons. The third-order valence-corrected chi connectivity index (χ3v) is 6.12. The summed E-state index contributed by atoms with van der Waals surface area (Å²) in [6.07, 6.45) is -2.48. The SMILES string of the molecule is CCCC1CN(C)C(=O)c2c3c(nn2C1)CCN(C(=O)Nc1ccc(F)c(C(F)(F)F)c1)C3. The molecule has 178 valence electrons. The van der Waals surface area contributed by atoms with E-state index in [1.54, 1.807) is 16.6 Å². The molecule has 2 aliphatic heterocycles. The van der Waals surface area contributed by atoms with Gasteiger partial charge in [0.2, 0.25) is 0 Å². The molecule has 33 heavy (non-hydrogen) atoms. The van der Waals surface area contributed by atoms with Gasteiger partial charge < -0.3 is 15.1 Å². The molecular formula is C22H25F4N5O2. The van der Waals surface area contributed by atoms with E-state index in [-0.39, 0.29) is 24.1 Å². The standard InChI is InChI=1S/C22H25F4N5O2/c1-3-4-13-10-29(2)20(32)19-15-12-30(8-7-18(15)28-31(19)11-13)21(33)27-14-5-6-17(23)16(9-14)22(24,25)26/h5-6,9,13H,3-4,7-8,10-12H2,1-2H3,(H,27,33). The van der Waals surface area contributed by atoms with Gasteiger partial charge in [-0.25, -0.2) is 9.18 Å². The van der Waals surface area contributed by atoms with Gasteiger partial charge in [-0.1, -0.05) is 13.3 Å². The summed E-state index contributed by atoms with van der Waals surface area (Å²) < 4.78 is 54.2. The monoisotopic (exact) mass is 467 g/mol. The van der Waals surface area contributed by atoms with Crippen LogP contribution in [0.4, 0.5) is 28.0 Å². The minimum atomic E-state index is -4.87. The number of fused-ring (bicyclic) bond motifs is 3. The fourth-order valence-corrected chi connectivity index (χ4v) is 4.54. The van der Waals surface area contributed by atoms with Crippen LogP contribution >= 0.6 is 0 Å². The molecule has 0 saturated carbocycles. The molecule has 1 unspecified atom stereocenters. The zero-order valence-corrected chi connectivity index (χ0v) is 18.4. The first kappa shape index (κ1) is 23.1. The molecule has 3 amide bonds. The average Bonchev–Trinajstić information content (AvgIpc) is 3.05. The van der Waals surface area contributed by atoms with Crippen molar-refractivity contribution in [3.05, 3.63) is 46.5 Å². The number of benzene rings is 1. The first-order valence-corrected chi connectivity index (χ1v) is 10.8. The third-order valence-electron chi connectivity index (χ3n) is 6.12. The zero-order chi connectivity index (χ0) is 23.9. The molecule has 1 aromatic heterocycles. The molecule has 0 saturated heterocycles. The van der Waals surface area contributed by atoms with E-state index in [1.807, 2.05) is 0 Å². The molecule has 0 fully saturated rings. The molecular weight excluding hydrogens is 442 g/mol. The van der Waals surface area contributed by atoms with E-state index in [0.717, 1.165) is 24.6 Å². The predicted octanol–water partition coefficient (Wildman–Crippen LogP) is 4.13. The maximum Gasteiger partial charge on any atom is 0.419 e. The van der Waals surface area contributed by atoms with Gasteiger partial charge in [0.1, 0.15) is 11.5 Å². The highest BCUT2D eigenvalue weighted by Crippen LogP contribution is 2.33. The van der Waals surface area contributed by atoms with Crippen molar-refractivity contribution in [2.24, 2.45) is 5.92 Å². The molecule has 1 aromatic carbocycles. The largest absolute Gasteiger partial charge is 0.419 e. The van der Waals surface area contributed by atoms with E-state index in [0.29, 0.717) is 49.4 Å². The molecule has 2 aromatic rings. The van der Waals surface area contributed by atoms with Crippen molar-refractivity contribution in [1.29, 1.82) is 0 Å². The second-order valence-corrected chi connectivity index (χ2v) is 8.59. The molecule has 1 atom stereocenters. The maximum absolute atomic E-state index is 13.5. The number of carbonyl (C=O) groups excluding carboxylic acids is 2. The second-order valence-electron chi connectivity index (χ2n) is 8.59. The molecule has 3 heterocycles. The van der Waals surface area contributed by atoms with E-state index >= 15 is 0 Å². The molecule has 0 aliphatic carbocycles. The highest BCUT2D eigenvalue weighted by molar-refractivity contribution is 5.95. The summed E-state index contributed by atoms with van der Waals surface area (Å²) in [5.74, 6) is -1.28. The van der Waals surface area contributed by atoms with Gasteiger partial charge >= 0.3 is 12.2 Å². The van der Waals surface area contributed by atoms with Crippen molar-refractivity contribution in [1.82, 2.24) is 19.6 Å². The Balaban J connectivity index is 1.55. The number of halogens is 4. The van der Waals surface area contributed by atoms with Crippen LogP contribution in [0.15, 0.2) is 18.2 Å². The van der Waals surface area contributed by atoms with Crippen LogP contribution in [0.5, 0.6) is 0 Å². The van der Waals surface area contributed by atoms with Gasteiger partial charge in [-0.05, 0) is 30.5 Å². The number of hydrogen-bond acceptors (Lipinski definition) is 3. The summed E-state index contributed by atoms with van der Waals surface area (Å²) in [4.78, 5) is 28.9. The third kappa shape index (κ3) is 4.53. The average molecular weight is 467 g/mol. The fraction of sp³-hybridized carbons (Fsp3) is 0.500. The highest BCUT2D eigenvalue weighted by atomic mass is 19.4. The molecule has 0 spiro atoms. The Morgan fingerprint density at radius 2 is 2.03 bits per heavy atom. The number of nitrogens with one attached hydrogen (secondary N) is 1. The van der Waals surface area contributed by atoms with Crippen LogP contribution in [0.1, 0.15) is 47.1 Å². The lowest BCUT2D eigenvalue weighted by Gasteiger charge is -2.27. The van der Waals surface area contributed by atoms with Crippen LogP contribution in [0, 0.1) is 11.7 Å². The van der Waals surface area contributed by atoms with Gasteiger partial charge in [0.25, 0.3) is 5.91 Å². The summed E-state index contributed by atoms with van der Waals surface area (Å²) in [5.41, 5.74) is 0.282. The quantitative estimate of drug-likeness (QED) is 0.690. The van der Waals surface area contributed by atoms with E-state index in [1.165, 1.54) is 4.90 Å². The van der Waals surface area contributed by atoms with Gasteiger partial charge in [0, 0.05) is 44.4 Å². The number of nitrogens with zero attached hydrogens (tertiary/aromatic N) is 4. The number of aromatic nitrogens is 2. The topological polar surface area (TPSA) is 70.5 Å². The molecule has 2 aliphatic rings. The van der Waals surface area contributed by atoms with Crippen LogP contribution in [-0.2, 0) is 25.7 Å². The molecule has 0 bridgehead atoms.